The van der Waals surface area contributed by atoms with E-state index in [2.05, 4.69) is 14.8 Å². The van der Waals surface area contributed by atoms with Gasteiger partial charge in [-0.1, -0.05) is 32.0 Å². The van der Waals surface area contributed by atoms with Crippen molar-refractivity contribution in [3.05, 3.63) is 47.8 Å². The quantitative estimate of drug-likeness (QED) is 0.355. The molecule has 2 aromatic heterocycles. The second kappa shape index (κ2) is 12.5. The van der Waals surface area contributed by atoms with Gasteiger partial charge in [-0.05, 0) is 32.8 Å². The maximum Gasteiger partial charge on any atom is 0.573 e. The molecule has 3 aromatic rings. The van der Waals surface area contributed by atoms with Gasteiger partial charge in [-0.25, -0.2) is 19.1 Å². The highest BCUT2D eigenvalue weighted by atomic mass is 19.4. The van der Waals surface area contributed by atoms with Crippen molar-refractivity contribution in [3.63, 3.8) is 0 Å². The Kier molecular flexibility index (Phi) is 9.23. The van der Waals surface area contributed by atoms with Crippen LogP contribution < -0.4 is 14.4 Å². The van der Waals surface area contributed by atoms with Gasteiger partial charge in [0.15, 0.2) is 5.65 Å². The van der Waals surface area contributed by atoms with Crippen LogP contribution in [0.25, 0.3) is 5.65 Å². The van der Waals surface area contributed by atoms with Crippen molar-refractivity contribution in [1.29, 1.82) is 0 Å². The van der Waals surface area contributed by atoms with E-state index in [1.54, 1.807) is 27.0 Å². The number of carbonyl (C=O) groups excluding carboxylic acids is 1. The minimum Gasteiger partial charge on any atom is -0.474 e. The van der Waals surface area contributed by atoms with Crippen molar-refractivity contribution in [2.45, 2.75) is 65.1 Å². The van der Waals surface area contributed by atoms with Crippen LogP contribution in [0.2, 0.25) is 0 Å². The van der Waals surface area contributed by atoms with Gasteiger partial charge >= 0.3 is 18.5 Å². The molecule has 234 valence electrons. The molecule has 1 N–H and O–H groups in total. The summed E-state index contributed by atoms with van der Waals surface area (Å²) in [6.07, 6.45) is -5.87. The molecule has 0 bridgehead atoms. The van der Waals surface area contributed by atoms with Crippen LogP contribution in [0.4, 0.5) is 28.4 Å². The summed E-state index contributed by atoms with van der Waals surface area (Å²) in [5.41, 5.74) is 0.194. The van der Waals surface area contributed by atoms with Gasteiger partial charge in [-0.2, -0.15) is 0 Å². The minimum atomic E-state index is -4.95. The van der Waals surface area contributed by atoms with Gasteiger partial charge in [0, 0.05) is 18.2 Å². The molecule has 1 saturated heterocycles. The number of benzene rings is 1. The predicted octanol–water partition coefficient (Wildman–Crippen LogP) is 5.45. The third-order valence-electron chi connectivity index (χ3n) is 6.30. The molecule has 2 amide bonds. The highest BCUT2D eigenvalue weighted by molar-refractivity contribution is 5.92. The Bertz CT molecular complexity index is 1450. The van der Waals surface area contributed by atoms with Crippen molar-refractivity contribution >= 4 is 23.5 Å². The lowest BCUT2D eigenvalue weighted by molar-refractivity contribution is -0.274. The fraction of sp³-hybridized carbons (Fsp3) is 0.500. The molecule has 0 aliphatic carbocycles. The molecular formula is C28H34F3N5O7. The summed E-state index contributed by atoms with van der Waals surface area (Å²) in [7, 11) is 0. The topological polar surface area (TPSA) is 128 Å². The summed E-state index contributed by atoms with van der Waals surface area (Å²) in [6.45, 7) is 8.93. The summed E-state index contributed by atoms with van der Waals surface area (Å²) in [5.74, 6) is -0.479. The average molecular weight is 610 g/mol. The van der Waals surface area contributed by atoms with Crippen LogP contribution in [0.15, 0.2) is 36.5 Å². The number of halogens is 3. The van der Waals surface area contributed by atoms with Gasteiger partial charge in [0.05, 0.1) is 37.3 Å². The Hall–Kier alpha value is -4.27. The van der Waals surface area contributed by atoms with Crippen molar-refractivity contribution in [2.24, 2.45) is 0 Å². The van der Waals surface area contributed by atoms with Crippen LogP contribution in [-0.2, 0) is 16.0 Å². The molecule has 12 nitrogen and oxygen atoms in total. The Morgan fingerprint density at radius 3 is 2.58 bits per heavy atom. The monoisotopic (exact) mass is 609 g/mol. The van der Waals surface area contributed by atoms with Gasteiger partial charge in [0.1, 0.15) is 24.1 Å². The van der Waals surface area contributed by atoms with E-state index in [0.717, 1.165) is 11.0 Å². The zero-order valence-corrected chi connectivity index (χ0v) is 24.4. The van der Waals surface area contributed by atoms with Crippen molar-refractivity contribution in [3.8, 4) is 11.6 Å². The SMILES string of the molecule is CC(C)c1cnc2c(N(Cc3ccccc3OC(F)(F)F)C(=O)OC(C)(C)C)cc(OC[C@@H]3CN(C(=O)O)CCO3)nn12. The third-order valence-corrected chi connectivity index (χ3v) is 6.30. The van der Waals surface area contributed by atoms with E-state index in [-0.39, 0.29) is 61.5 Å². The van der Waals surface area contributed by atoms with E-state index in [4.69, 9.17) is 14.2 Å². The van der Waals surface area contributed by atoms with E-state index in [1.165, 1.54) is 33.7 Å². The Morgan fingerprint density at radius 2 is 1.93 bits per heavy atom. The molecule has 3 heterocycles. The number of para-hydroxylation sites is 1. The predicted molar refractivity (Wildman–Crippen MR) is 147 cm³/mol. The summed E-state index contributed by atoms with van der Waals surface area (Å²) in [5, 5.41) is 13.9. The molecule has 1 aliphatic heterocycles. The normalized spacial score (nSPS) is 15.9. The molecule has 1 atom stereocenters. The molecule has 1 fully saturated rings. The lowest BCUT2D eigenvalue weighted by Crippen LogP contribution is -2.47. The summed E-state index contributed by atoms with van der Waals surface area (Å²) in [4.78, 5) is 31.9. The van der Waals surface area contributed by atoms with Gasteiger partial charge in [-0.3, -0.25) is 4.90 Å². The molecule has 0 saturated carbocycles. The lowest BCUT2D eigenvalue weighted by Gasteiger charge is -2.31. The maximum atomic E-state index is 13.6. The molecule has 15 heteroatoms. The average Bonchev–Trinajstić information content (AvgIpc) is 3.34. The highest BCUT2D eigenvalue weighted by Gasteiger charge is 2.34. The lowest BCUT2D eigenvalue weighted by atomic mass is 10.1. The van der Waals surface area contributed by atoms with E-state index in [9.17, 15) is 27.9 Å². The number of nitrogens with zero attached hydrogens (tertiary/aromatic N) is 5. The number of hydrogen-bond acceptors (Lipinski definition) is 8. The van der Waals surface area contributed by atoms with E-state index in [0.29, 0.717) is 5.69 Å². The van der Waals surface area contributed by atoms with Crippen LogP contribution in [-0.4, -0.2) is 81.2 Å². The molecular weight excluding hydrogens is 575 g/mol. The number of carboxylic acid groups (broad SMARTS) is 1. The van der Waals surface area contributed by atoms with Crippen molar-refractivity contribution in [2.75, 3.05) is 31.2 Å². The van der Waals surface area contributed by atoms with Crippen LogP contribution in [0.5, 0.6) is 11.6 Å². The molecule has 0 radical (unpaired) electrons. The number of anilines is 1. The second-order valence-corrected chi connectivity index (χ2v) is 11.2. The summed E-state index contributed by atoms with van der Waals surface area (Å²) in [6, 6.07) is 6.92. The van der Waals surface area contributed by atoms with Gasteiger partial charge in [0.25, 0.3) is 0 Å². The van der Waals surface area contributed by atoms with Crippen molar-refractivity contribution in [1.82, 2.24) is 19.5 Å². The summed E-state index contributed by atoms with van der Waals surface area (Å²) >= 11 is 0. The number of aromatic nitrogens is 3. The number of ether oxygens (including phenoxy) is 4. The van der Waals surface area contributed by atoms with E-state index < -0.39 is 36.0 Å². The number of alkyl halides is 3. The molecule has 0 unspecified atom stereocenters. The Labute approximate surface area is 245 Å². The molecule has 4 rings (SSSR count). The number of imidazole rings is 1. The first-order valence-corrected chi connectivity index (χ1v) is 13.6. The molecule has 43 heavy (non-hydrogen) atoms. The second-order valence-electron chi connectivity index (χ2n) is 11.2. The van der Waals surface area contributed by atoms with Crippen LogP contribution in [0, 0.1) is 0 Å². The van der Waals surface area contributed by atoms with Crippen LogP contribution >= 0.6 is 0 Å². The zero-order valence-electron chi connectivity index (χ0n) is 24.4. The number of amides is 2. The van der Waals surface area contributed by atoms with Gasteiger partial charge in [-0.15, -0.1) is 18.3 Å². The fourth-order valence-electron chi connectivity index (χ4n) is 4.38. The minimum absolute atomic E-state index is 0.0480. The zero-order chi connectivity index (χ0) is 31.5. The van der Waals surface area contributed by atoms with E-state index in [1.807, 2.05) is 13.8 Å². The standard InChI is InChI=1S/C28H34F3N5O7/c1-17(2)21-13-32-24-20(12-23(33-36(21)24)41-16-19-15-34(25(37)38)10-11-40-19)35(26(39)43-27(3,4)5)14-18-8-6-7-9-22(18)42-28(29,30)31/h6-9,12-13,17,19H,10-11,14-16H2,1-5H3,(H,37,38)/t19-/m0/s1. The first-order chi connectivity index (χ1) is 20.1. The smallest absolute Gasteiger partial charge is 0.474 e. The molecule has 1 aliphatic rings. The van der Waals surface area contributed by atoms with Gasteiger partial charge in [0.2, 0.25) is 5.88 Å². The van der Waals surface area contributed by atoms with E-state index >= 15 is 0 Å². The first kappa shape index (κ1) is 31.7. The number of morpholine rings is 1. The molecule has 1 aromatic carbocycles. The summed E-state index contributed by atoms with van der Waals surface area (Å²) < 4.78 is 62.6. The number of fused-ring (bicyclic) bond motifs is 1. The highest BCUT2D eigenvalue weighted by Crippen LogP contribution is 2.33. The third kappa shape index (κ3) is 8.18. The number of carbonyl (C=O) groups is 2. The largest absolute Gasteiger partial charge is 0.573 e. The number of hydrogen-bond donors (Lipinski definition) is 1. The van der Waals surface area contributed by atoms with Gasteiger partial charge < -0.3 is 29.0 Å². The number of rotatable bonds is 8. The Balaban J connectivity index is 1.77. The van der Waals surface area contributed by atoms with Crippen LogP contribution in [0.3, 0.4) is 0 Å². The first-order valence-electron chi connectivity index (χ1n) is 13.6. The fourth-order valence-corrected chi connectivity index (χ4v) is 4.38. The Morgan fingerprint density at radius 1 is 1.21 bits per heavy atom. The molecule has 0 spiro atoms. The van der Waals surface area contributed by atoms with Crippen molar-refractivity contribution < 1.29 is 46.8 Å². The van der Waals surface area contributed by atoms with Crippen LogP contribution in [0.1, 0.15) is 51.8 Å². The maximum absolute atomic E-state index is 13.6.